The molecule has 0 spiro atoms. The molecule has 5 aromatic rings. The first-order chi connectivity index (χ1) is 27.5. The molecular weight excluding hydrogens is 898 g/mol. The van der Waals surface area contributed by atoms with E-state index in [9.17, 15) is 61.0 Å². The maximum Gasteiger partial charge on any atom is 0.397 e. The van der Waals surface area contributed by atoms with E-state index in [-0.39, 0.29) is 48.8 Å². The summed E-state index contributed by atoms with van der Waals surface area (Å²) in [4.78, 5) is 9.83. The number of nitrogens with one attached hydrogen (secondary N) is 1. The summed E-state index contributed by atoms with van der Waals surface area (Å²) in [6.45, 7) is 0.304. The standard InChI is InChI=1S/C29H26FN7O17S5/c30-27-32-28(34-29(33-27)37-5-7-52-8-6-37)31-21-14-18(56(40,41)42)12-16-13-22(57(43,44)45)24(25(38)23(16)21)36-35-20-4-1-15-11-17(2-3-19(15)26(20)58(46,47)48)54-55(39)10-9-53-59(49,50)51/h1-4,11-14,38H,5-10H2,(H,40,41,42)(H,43,44,45)(H,46,47,48)(H,49,50,51)(H,31,32,33,34). The number of anilines is 3. The average Bonchev–Trinajstić information content (AvgIpc) is 3.12. The van der Waals surface area contributed by atoms with E-state index in [0.717, 1.165) is 30.3 Å². The van der Waals surface area contributed by atoms with Crippen molar-refractivity contribution >= 4 is 102 Å². The van der Waals surface area contributed by atoms with Crippen molar-refractivity contribution < 1.29 is 78.7 Å². The van der Waals surface area contributed by atoms with Crippen molar-refractivity contribution in [2.24, 2.45) is 10.2 Å². The molecule has 24 nitrogen and oxygen atoms in total. The number of phenols is 1. The van der Waals surface area contributed by atoms with E-state index in [2.05, 4.69) is 34.7 Å². The summed E-state index contributed by atoms with van der Waals surface area (Å²) in [6, 6.07) is 7.58. The van der Waals surface area contributed by atoms with Gasteiger partial charge in [0, 0.05) is 23.9 Å². The van der Waals surface area contributed by atoms with Crippen LogP contribution in [0, 0.1) is 6.08 Å². The molecule has 1 aromatic heterocycles. The predicted octanol–water partition coefficient (Wildman–Crippen LogP) is 2.62. The molecule has 4 aromatic carbocycles. The molecule has 1 fully saturated rings. The van der Waals surface area contributed by atoms with E-state index in [1.807, 2.05) is 0 Å². The zero-order valence-electron chi connectivity index (χ0n) is 29.1. The van der Waals surface area contributed by atoms with Crippen molar-refractivity contribution in [1.29, 1.82) is 0 Å². The summed E-state index contributed by atoms with van der Waals surface area (Å²) < 4.78 is 177. The number of aromatic hydroxyl groups is 1. The van der Waals surface area contributed by atoms with Crippen LogP contribution in [0.4, 0.5) is 33.3 Å². The Hall–Kier alpha value is -5.15. The first-order valence-corrected chi connectivity index (χ1v) is 22.9. The van der Waals surface area contributed by atoms with Crippen molar-refractivity contribution in [2.45, 2.75) is 14.7 Å². The SMILES string of the molecule is O=S(CCOS(=O)(=O)O)Oc1ccc2c(S(=O)(=O)O)c(N=Nc3c(S(=O)(=O)O)cc4cc(S(=O)(=O)O)cc(Nc5nc(F)nc(N6CCOCC6)n5)c4c3O)ccc2c1. The van der Waals surface area contributed by atoms with Crippen LogP contribution in [0.5, 0.6) is 11.5 Å². The number of benzene rings is 4. The largest absolute Gasteiger partial charge is 0.505 e. The first kappa shape index (κ1) is 43.4. The van der Waals surface area contributed by atoms with Gasteiger partial charge in [0.25, 0.3) is 30.4 Å². The Balaban J connectivity index is 1.46. The number of rotatable bonds is 14. The fourth-order valence-corrected chi connectivity index (χ4v) is 8.61. The fourth-order valence-electron chi connectivity index (χ4n) is 5.55. The summed E-state index contributed by atoms with van der Waals surface area (Å²) in [7, 11) is -20.5. The number of halogens is 1. The van der Waals surface area contributed by atoms with Crippen LogP contribution >= 0.6 is 0 Å². The highest BCUT2D eigenvalue weighted by molar-refractivity contribution is 7.86. The van der Waals surface area contributed by atoms with Crippen molar-refractivity contribution in [2.75, 3.05) is 48.9 Å². The van der Waals surface area contributed by atoms with E-state index < -0.39 is 124 Å². The van der Waals surface area contributed by atoms with E-state index in [4.69, 9.17) is 13.5 Å². The molecule has 316 valence electrons. The Kier molecular flexibility index (Phi) is 12.1. The van der Waals surface area contributed by atoms with E-state index in [0.29, 0.717) is 12.1 Å². The van der Waals surface area contributed by atoms with Crippen LogP contribution in [0.15, 0.2) is 73.4 Å². The maximum absolute atomic E-state index is 14.6. The van der Waals surface area contributed by atoms with Gasteiger partial charge in [-0.1, -0.05) is 6.07 Å². The van der Waals surface area contributed by atoms with Crippen LogP contribution in [0.3, 0.4) is 0 Å². The number of ether oxygens (including phenoxy) is 1. The van der Waals surface area contributed by atoms with E-state index in [1.165, 1.54) is 6.07 Å². The molecule has 6 rings (SSSR count). The molecule has 0 amide bonds. The summed E-state index contributed by atoms with van der Waals surface area (Å²) in [5, 5.41) is 20.3. The lowest BCUT2D eigenvalue weighted by Gasteiger charge is -2.26. The molecule has 30 heteroatoms. The van der Waals surface area contributed by atoms with Crippen molar-refractivity contribution in [3.05, 3.63) is 54.6 Å². The predicted molar refractivity (Wildman–Crippen MR) is 200 cm³/mol. The van der Waals surface area contributed by atoms with Gasteiger partial charge in [-0.3, -0.25) is 18.2 Å². The van der Waals surface area contributed by atoms with Gasteiger partial charge in [0.15, 0.2) is 5.75 Å². The molecule has 2 heterocycles. The van der Waals surface area contributed by atoms with Gasteiger partial charge in [-0.15, -0.1) is 10.2 Å². The van der Waals surface area contributed by atoms with E-state index >= 15 is 0 Å². The Bertz CT molecular complexity index is 3020. The molecule has 1 aliphatic heterocycles. The third-order valence-electron chi connectivity index (χ3n) is 7.94. The number of fused-ring (bicyclic) bond motifs is 2. The number of nitrogens with zero attached hydrogens (tertiary/aromatic N) is 6. The second kappa shape index (κ2) is 16.5. The molecule has 59 heavy (non-hydrogen) atoms. The molecule has 6 N–H and O–H groups in total. The Morgan fingerprint density at radius 1 is 0.847 bits per heavy atom. The molecule has 1 atom stereocenters. The number of aromatic nitrogens is 3. The second-order valence-electron chi connectivity index (χ2n) is 11.9. The number of phenolic OH excluding ortho intramolecular Hbond substituents is 1. The molecule has 1 aliphatic rings. The smallest absolute Gasteiger partial charge is 0.397 e. The van der Waals surface area contributed by atoms with Crippen molar-refractivity contribution in [1.82, 2.24) is 15.0 Å². The van der Waals surface area contributed by atoms with Gasteiger partial charge >= 0.3 is 16.5 Å². The van der Waals surface area contributed by atoms with Gasteiger partial charge in [-0.2, -0.15) is 53.0 Å². The van der Waals surface area contributed by atoms with E-state index in [1.54, 1.807) is 4.90 Å². The minimum Gasteiger partial charge on any atom is -0.505 e. The second-order valence-corrected chi connectivity index (χ2v) is 18.3. The summed E-state index contributed by atoms with van der Waals surface area (Å²) in [6.07, 6.45) is -1.29. The first-order valence-electron chi connectivity index (χ1n) is 15.9. The zero-order valence-corrected chi connectivity index (χ0v) is 33.2. The Morgan fingerprint density at radius 2 is 1.56 bits per heavy atom. The van der Waals surface area contributed by atoms with Crippen LogP contribution in [-0.4, -0.2) is 115 Å². The number of morpholine rings is 1. The highest BCUT2D eigenvalue weighted by Crippen LogP contribution is 2.46. The summed E-state index contributed by atoms with van der Waals surface area (Å²) in [5.41, 5.74) is -2.24. The summed E-state index contributed by atoms with van der Waals surface area (Å²) in [5.74, 6) is -2.55. The molecule has 0 radical (unpaired) electrons. The van der Waals surface area contributed by atoms with Crippen LogP contribution < -0.4 is 14.4 Å². The summed E-state index contributed by atoms with van der Waals surface area (Å²) >= 11 is -2.22. The monoisotopic (exact) mass is 923 g/mol. The zero-order chi connectivity index (χ0) is 43.1. The molecular formula is C29H26FN7O17S5. The lowest BCUT2D eigenvalue weighted by atomic mass is 10.1. The van der Waals surface area contributed by atoms with Crippen LogP contribution in [-0.2, 0) is 60.8 Å². The lowest BCUT2D eigenvalue weighted by Crippen LogP contribution is -2.37. The molecule has 1 saturated heterocycles. The minimum absolute atomic E-state index is 0.0179. The van der Waals surface area contributed by atoms with Crippen molar-refractivity contribution in [3.8, 4) is 11.5 Å². The third-order valence-corrected chi connectivity index (χ3v) is 11.9. The molecule has 0 bridgehead atoms. The van der Waals surface area contributed by atoms with Gasteiger partial charge in [-0.25, -0.2) is 8.39 Å². The molecule has 0 aliphatic carbocycles. The van der Waals surface area contributed by atoms with Crippen LogP contribution in [0.1, 0.15) is 0 Å². The molecule has 1 unspecified atom stereocenters. The normalized spacial score (nSPS) is 14.9. The lowest BCUT2D eigenvalue weighted by molar-refractivity contribution is 0.122. The van der Waals surface area contributed by atoms with Gasteiger partial charge in [-0.05, 0) is 53.2 Å². The highest BCUT2D eigenvalue weighted by Gasteiger charge is 2.27. The number of hydrogen-bond acceptors (Lipinski definition) is 20. The number of hydrogen-bond donors (Lipinski definition) is 6. The minimum atomic E-state index is -5.40. The fraction of sp³-hybridized carbons (Fsp3) is 0.207. The Labute approximate surface area is 334 Å². The highest BCUT2D eigenvalue weighted by atomic mass is 32.3. The van der Waals surface area contributed by atoms with Crippen molar-refractivity contribution in [3.63, 3.8) is 0 Å². The van der Waals surface area contributed by atoms with Gasteiger partial charge < -0.3 is 24.2 Å². The topological polar surface area (TPSA) is 361 Å². The van der Waals surface area contributed by atoms with Crippen LogP contribution in [0.25, 0.3) is 21.5 Å². The third kappa shape index (κ3) is 10.4. The quantitative estimate of drug-likeness (QED) is 0.0688. The number of azo groups is 1. The maximum atomic E-state index is 14.6. The Morgan fingerprint density at radius 3 is 2.20 bits per heavy atom. The van der Waals surface area contributed by atoms with Crippen LogP contribution in [0.2, 0.25) is 0 Å². The molecule has 0 saturated carbocycles. The van der Waals surface area contributed by atoms with Gasteiger partial charge in [0.05, 0.1) is 36.2 Å². The van der Waals surface area contributed by atoms with Gasteiger partial charge in [0.1, 0.15) is 26.9 Å². The van der Waals surface area contributed by atoms with Gasteiger partial charge in [0.2, 0.25) is 23.0 Å². The average molecular weight is 924 g/mol.